The van der Waals surface area contributed by atoms with Crippen LogP contribution in [-0.4, -0.2) is 56.0 Å². The van der Waals surface area contributed by atoms with Crippen LogP contribution < -0.4 is 21.7 Å². The number of halogens is 1. The van der Waals surface area contributed by atoms with Gasteiger partial charge in [-0.2, -0.15) is 0 Å². The molecule has 1 heterocycles. The van der Waals surface area contributed by atoms with Crippen LogP contribution in [0.5, 0.6) is 0 Å². The van der Waals surface area contributed by atoms with Crippen molar-refractivity contribution in [3.05, 3.63) is 35.6 Å². The third-order valence-corrected chi connectivity index (χ3v) is 4.87. The third kappa shape index (κ3) is 7.11. The van der Waals surface area contributed by atoms with Gasteiger partial charge in [-0.3, -0.25) is 14.4 Å². The van der Waals surface area contributed by atoms with E-state index < -0.39 is 35.8 Å². The summed E-state index contributed by atoms with van der Waals surface area (Å²) in [6, 6.07) is 3.67. The van der Waals surface area contributed by atoms with Gasteiger partial charge in [0.2, 0.25) is 17.7 Å². The molecule has 0 radical (unpaired) electrons. The third-order valence-electron chi connectivity index (χ3n) is 4.87. The summed E-state index contributed by atoms with van der Waals surface area (Å²) in [4.78, 5) is 48.2. The van der Waals surface area contributed by atoms with Gasteiger partial charge < -0.3 is 26.4 Å². The molecular formula is C20H27FN4O5. The molecule has 164 valence electrons. The number of ether oxygens (including phenoxy) is 1. The zero-order chi connectivity index (χ0) is 22.1. The average Bonchev–Trinajstić information content (AvgIpc) is 2.74. The van der Waals surface area contributed by atoms with Gasteiger partial charge in [-0.1, -0.05) is 12.1 Å². The minimum Gasteiger partial charge on any atom is -0.467 e. The number of nitrogens with one attached hydrogen (secondary N) is 3. The van der Waals surface area contributed by atoms with Crippen LogP contribution in [0.4, 0.5) is 4.39 Å². The minimum absolute atomic E-state index is 0.113. The number of hydrogen-bond donors (Lipinski definition) is 4. The molecule has 1 aliphatic rings. The number of benzene rings is 1. The van der Waals surface area contributed by atoms with Crippen LogP contribution >= 0.6 is 0 Å². The van der Waals surface area contributed by atoms with Crippen molar-refractivity contribution in [3.8, 4) is 0 Å². The zero-order valence-corrected chi connectivity index (χ0v) is 16.8. The Balaban J connectivity index is 1.83. The first-order valence-corrected chi connectivity index (χ1v) is 9.72. The van der Waals surface area contributed by atoms with E-state index >= 15 is 0 Å². The van der Waals surface area contributed by atoms with E-state index in [2.05, 4.69) is 16.0 Å². The summed E-state index contributed by atoms with van der Waals surface area (Å²) in [5.74, 6) is -2.79. The molecule has 0 aromatic heterocycles. The molecule has 10 heteroatoms. The summed E-state index contributed by atoms with van der Waals surface area (Å²) >= 11 is 0. The predicted octanol–water partition coefficient (Wildman–Crippen LogP) is -0.614. The van der Waals surface area contributed by atoms with Crippen LogP contribution in [0.2, 0.25) is 0 Å². The Kier molecular flexibility index (Phi) is 8.72. The molecule has 3 amide bonds. The maximum Gasteiger partial charge on any atom is 0.328 e. The van der Waals surface area contributed by atoms with Crippen LogP contribution in [0.3, 0.4) is 0 Å². The maximum absolute atomic E-state index is 12.9. The number of amides is 3. The number of carbonyl (C=O) groups excluding carboxylic acids is 4. The molecule has 0 saturated carbocycles. The molecule has 30 heavy (non-hydrogen) atoms. The number of methoxy groups -OCH3 is 1. The van der Waals surface area contributed by atoms with Crippen molar-refractivity contribution in [1.29, 1.82) is 0 Å². The minimum atomic E-state index is -0.999. The van der Waals surface area contributed by atoms with Crippen molar-refractivity contribution in [2.24, 2.45) is 11.7 Å². The van der Waals surface area contributed by atoms with Crippen molar-refractivity contribution in [1.82, 2.24) is 16.0 Å². The highest BCUT2D eigenvalue weighted by molar-refractivity contribution is 5.90. The largest absolute Gasteiger partial charge is 0.467 e. The van der Waals surface area contributed by atoms with E-state index in [1.165, 1.54) is 31.4 Å². The molecule has 1 fully saturated rings. The Morgan fingerprint density at radius 2 is 2.00 bits per heavy atom. The van der Waals surface area contributed by atoms with E-state index in [4.69, 9.17) is 10.5 Å². The van der Waals surface area contributed by atoms with Crippen LogP contribution in [-0.2, 0) is 30.3 Å². The average molecular weight is 422 g/mol. The molecule has 0 aliphatic carbocycles. The quantitative estimate of drug-likeness (QED) is 0.391. The van der Waals surface area contributed by atoms with Gasteiger partial charge in [-0.25, -0.2) is 9.18 Å². The predicted molar refractivity (Wildman–Crippen MR) is 105 cm³/mol. The van der Waals surface area contributed by atoms with Gasteiger partial charge in [0.15, 0.2) is 0 Å². The number of nitrogens with two attached hydrogens (primary N) is 1. The van der Waals surface area contributed by atoms with Crippen molar-refractivity contribution >= 4 is 23.7 Å². The number of esters is 1. The molecule has 1 aromatic carbocycles. The highest BCUT2D eigenvalue weighted by atomic mass is 19.1. The number of rotatable bonds is 9. The second-order valence-corrected chi connectivity index (χ2v) is 7.16. The summed E-state index contributed by atoms with van der Waals surface area (Å²) < 4.78 is 17.6. The van der Waals surface area contributed by atoms with E-state index in [-0.39, 0.29) is 31.1 Å². The Hall–Kier alpha value is -3.01. The lowest BCUT2D eigenvalue weighted by Crippen LogP contribution is -2.50. The molecule has 0 spiro atoms. The first kappa shape index (κ1) is 23.3. The molecular weight excluding hydrogens is 395 g/mol. The summed E-state index contributed by atoms with van der Waals surface area (Å²) in [6.07, 6.45) is 1.70. The van der Waals surface area contributed by atoms with Crippen LogP contribution in [0.1, 0.15) is 24.8 Å². The molecule has 0 bridgehead atoms. The van der Waals surface area contributed by atoms with Crippen LogP contribution in [0.15, 0.2) is 24.3 Å². The lowest BCUT2D eigenvalue weighted by Gasteiger charge is -2.25. The number of carbonyl (C=O) groups is 4. The maximum atomic E-state index is 12.9. The van der Waals surface area contributed by atoms with Crippen LogP contribution in [0, 0.1) is 11.7 Å². The smallest absolute Gasteiger partial charge is 0.328 e. The van der Waals surface area contributed by atoms with E-state index in [9.17, 15) is 23.6 Å². The second-order valence-electron chi connectivity index (χ2n) is 7.16. The summed E-state index contributed by atoms with van der Waals surface area (Å²) in [6.45, 7) is 0.203. The van der Waals surface area contributed by atoms with E-state index in [1.54, 1.807) is 0 Å². The molecule has 1 aromatic rings. The zero-order valence-electron chi connectivity index (χ0n) is 16.8. The van der Waals surface area contributed by atoms with Gasteiger partial charge in [-0.15, -0.1) is 0 Å². The normalized spacial score (nSPS) is 18.0. The van der Waals surface area contributed by atoms with Crippen LogP contribution in [0.25, 0.3) is 0 Å². The Labute approximate surface area is 173 Å². The van der Waals surface area contributed by atoms with Gasteiger partial charge in [-0.05, 0) is 43.4 Å². The van der Waals surface area contributed by atoms with Gasteiger partial charge in [0.05, 0.1) is 19.7 Å². The van der Waals surface area contributed by atoms with Gasteiger partial charge >= 0.3 is 5.97 Å². The second kappa shape index (κ2) is 11.2. The fourth-order valence-electron chi connectivity index (χ4n) is 3.21. The number of piperidine rings is 1. The fraction of sp³-hybridized carbons (Fsp3) is 0.500. The Morgan fingerprint density at radius 1 is 1.30 bits per heavy atom. The molecule has 2 rings (SSSR count). The highest BCUT2D eigenvalue weighted by Gasteiger charge is 2.30. The van der Waals surface area contributed by atoms with E-state index in [0.29, 0.717) is 18.5 Å². The SMILES string of the molecule is COC(=O)C(CC1CCCNC1=O)NC(=O)CNC(=O)C(N)Cc1ccc(F)cc1. The lowest BCUT2D eigenvalue weighted by atomic mass is 9.91. The number of hydrogen-bond acceptors (Lipinski definition) is 6. The van der Waals surface area contributed by atoms with E-state index in [1.807, 2.05) is 0 Å². The van der Waals surface area contributed by atoms with E-state index in [0.717, 1.165) is 6.42 Å². The van der Waals surface area contributed by atoms with Crippen molar-refractivity contribution in [2.45, 2.75) is 37.8 Å². The van der Waals surface area contributed by atoms with Crippen molar-refractivity contribution in [3.63, 3.8) is 0 Å². The lowest BCUT2D eigenvalue weighted by molar-refractivity contribution is -0.146. The first-order chi connectivity index (χ1) is 14.3. The summed E-state index contributed by atoms with van der Waals surface area (Å²) in [5.41, 5.74) is 6.51. The topological polar surface area (TPSA) is 140 Å². The summed E-state index contributed by atoms with van der Waals surface area (Å²) in [7, 11) is 1.19. The first-order valence-electron chi connectivity index (χ1n) is 9.72. The van der Waals surface area contributed by atoms with Gasteiger partial charge in [0.1, 0.15) is 11.9 Å². The fourth-order valence-corrected chi connectivity index (χ4v) is 3.21. The molecule has 1 aliphatic heterocycles. The highest BCUT2D eigenvalue weighted by Crippen LogP contribution is 2.18. The molecule has 3 atom stereocenters. The summed E-state index contributed by atoms with van der Waals surface area (Å²) in [5, 5.41) is 7.63. The van der Waals surface area contributed by atoms with Gasteiger partial charge in [0.25, 0.3) is 0 Å². The molecule has 3 unspecified atom stereocenters. The van der Waals surface area contributed by atoms with Crippen molar-refractivity contribution < 1.29 is 28.3 Å². The Bertz CT molecular complexity index is 771. The Morgan fingerprint density at radius 3 is 2.63 bits per heavy atom. The molecule has 1 saturated heterocycles. The van der Waals surface area contributed by atoms with Crippen molar-refractivity contribution in [2.75, 3.05) is 20.2 Å². The molecule has 9 nitrogen and oxygen atoms in total. The standard InChI is InChI=1S/C20H27FN4O5/c1-30-20(29)16(10-13-3-2-8-23-18(13)27)25-17(26)11-24-19(28)15(22)9-12-4-6-14(21)7-5-12/h4-7,13,15-16H,2-3,8-11,22H2,1H3,(H,23,27)(H,24,28)(H,25,26). The monoisotopic (exact) mass is 422 g/mol. The molecule has 5 N–H and O–H groups in total. The van der Waals surface area contributed by atoms with Gasteiger partial charge in [0, 0.05) is 12.5 Å².